The Kier molecular flexibility index (Phi) is 6.19. The number of carbonyl (C=O) groups excluding carboxylic acids is 1. The van der Waals surface area contributed by atoms with Gasteiger partial charge in [-0.3, -0.25) is 4.79 Å². The lowest BCUT2D eigenvalue weighted by Gasteiger charge is -2.38. The van der Waals surface area contributed by atoms with E-state index in [4.69, 9.17) is 21.1 Å². The van der Waals surface area contributed by atoms with E-state index in [2.05, 4.69) is 0 Å². The monoisotopic (exact) mass is 435 g/mol. The van der Waals surface area contributed by atoms with Crippen LogP contribution < -0.4 is 14.4 Å². The summed E-state index contributed by atoms with van der Waals surface area (Å²) >= 11 is 6.34. The molecule has 0 N–H and O–H groups in total. The van der Waals surface area contributed by atoms with Crippen molar-refractivity contribution < 1.29 is 14.3 Å². The minimum atomic E-state index is -0.312. The molecule has 0 aliphatic carbocycles. The smallest absolute Gasteiger partial charge is 0.232 e. The molecule has 0 aromatic heterocycles. The quantitative estimate of drug-likeness (QED) is 0.467. The summed E-state index contributed by atoms with van der Waals surface area (Å²) in [5.41, 5.74) is 4.93. The van der Waals surface area contributed by atoms with E-state index < -0.39 is 0 Å². The van der Waals surface area contributed by atoms with E-state index in [0.717, 1.165) is 27.9 Å². The molecule has 31 heavy (non-hydrogen) atoms. The number of ether oxygens (including phenoxy) is 2. The summed E-state index contributed by atoms with van der Waals surface area (Å²) in [6.07, 6.45) is 0.298. The van der Waals surface area contributed by atoms with E-state index in [1.54, 1.807) is 0 Å². The molecule has 0 fully saturated rings. The predicted molar refractivity (Wildman–Crippen MR) is 124 cm³/mol. The van der Waals surface area contributed by atoms with E-state index >= 15 is 0 Å². The highest BCUT2D eigenvalue weighted by molar-refractivity contribution is 6.30. The van der Waals surface area contributed by atoms with Gasteiger partial charge in [-0.1, -0.05) is 41.4 Å². The maximum Gasteiger partial charge on any atom is 0.232 e. The predicted octanol–water partition coefficient (Wildman–Crippen LogP) is 6.12. The average Bonchev–Trinajstić information content (AvgIpc) is 2.75. The molecule has 1 amide bonds. The average molecular weight is 436 g/mol. The molecular formula is C26H26ClNO3. The van der Waals surface area contributed by atoms with E-state index in [9.17, 15) is 4.79 Å². The lowest BCUT2D eigenvalue weighted by molar-refractivity contribution is -0.118. The highest BCUT2D eigenvalue weighted by atomic mass is 35.5. The van der Waals surface area contributed by atoms with Gasteiger partial charge in [0, 0.05) is 10.7 Å². The Bertz CT molecular complexity index is 1090. The number of halogens is 1. The van der Waals surface area contributed by atoms with Crippen LogP contribution in [-0.2, 0) is 11.2 Å². The fourth-order valence-corrected chi connectivity index (χ4v) is 4.30. The van der Waals surface area contributed by atoms with Gasteiger partial charge < -0.3 is 14.4 Å². The fraction of sp³-hybridized carbons (Fsp3) is 0.269. The zero-order valence-electron chi connectivity index (χ0n) is 18.0. The van der Waals surface area contributed by atoms with E-state index in [1.165, 1.54) is 0 Å². The summed E-state index contributed by atoms with van der Waals surface area (Å²) in [6.45, 7) is 6.98. The van der Waals surface area contributed by atoms with Gasteiger partial charge in [-0.05, 0) is 73.9 Å². The molecule has 0 spiro atoms. The Morgan fingerprint density at radius 2 is 1.65 bits per heavy atom. The van der Waals surface area contributed by atoms with Crippen LogP contribution in [-0.4, -0.2) is 19.1 Å². The third kappa shape index (κ3) is 4.26. The molecular weight excluding hydrogens is 410 g/mol. The van der Waals surface area contributed by atoms with Crippen LogP contribution >= 0.6 is 11.6 Å². The lowest BCUT2D eigenvalue weighted by atomic mass is 9.86. The molecule has 0 radical (unpaired) electrons. The highest BCUT2D eigenvalue weighted by Gasteiger charge is 2.36. The second kappa shape index (κ2) is 9.03. The normalized spacial score (nSPS) is 15.5. The maximum atomic E-state index is 13.4. The topological polar surface area (TPSA) is 38.8 Å². The second-order valence-corrected chi connectivity index (χ2v) is 8.03. The number of anilines is 1. The Hall–Kier alpha value is -2.98. The number of fused-ring (bicyclic) bond motifs is 1. The van der Waals surface area contributed by atoms with Crippen molar-refractivity contribution in [2.45, 2.75) is 33.2 Å². The number of hydrogen-bond donors (Lipinski definition) is 0. The van der Waals surface area contributed by atoms with Crippen LogP contribution in [0.3, 0.4) is 0 Å². The number of aryl methyl sites for hydroxylation is 1. The lowest BCUT2D eigenvalue weighted by Crippen LogP contribution is -2.41. The Balaban J connectivity index is 1.93. The van der Waals surface area contributed by atoms with Gasteiger partial charge in [-0.2, -0.15) is 0 Å². The van der Waals surface area contributed by atoms with Crippen LogP contribution in [0.15, 0.2) is 60.7 Å². The number of amides is 1. The molecule has 0 bridgehead atoms. The van der Waals surface area contributed by atoms with Crippen molar-refractivity contribution >= 4 is 23.2 Å². The summed E-state index contributed by atoms with van der Waals surface area (Å²) in [4.78, 5) is 15.3. The first-order valence-corrected chi connectivity index (χ1v) is 11.0. The van der Waals surface area contributed by atoms with Crippen molar-refractivity contribution in [3.05, 3.63) is 87.9 Å². The number of benzene rings is 3. The summed E-state index contributed by atoms with van der Waals surface area (Å²) in [7, 11) is 0. The summed E-state index contributed by atoms with van der Waals surface area (Å²) in [5, 5.41) is 0.636. The summed E-state index contributed by atoms with van der Waals surface area (Å²) in [5.74, 6) is 1.39. The van der Waals surface area contributed by atoms with Crippen LogP contribution in [0.2, 0.25) is 5.02 Å². The van der Waals surface area contributed by atoms with E-state index in [1.807, 2.05) is 86.3 Å². The molecule has 1 heterocycles. The van der Waals surface area contributed by atoms with Crippen molar-refractivity contribution in [3.8, 4) is 11.5 Å². The number of rotatable bonds is 6. The molecule has 5 heteroatoms. The minimum absolute atomic E-state index is 0.0351. The highest BCUT2D eigenvalue weighted by Crippen LogP contribution is 2.43. The second-order valence-electron chi connectivity index (χ2n) is 7.60. The van der Waals surface area contributed by atoms with Crippen LogP contribution in [0, 0.1) is 6.92 Å². The third-order valence-corrected chi connectivity index (χ3v) is 5.68. The molecule has 1 aliphatic rings. The summed E-state index contributed by atoms with van der Waals surface area (Å²) in [6, 6.07) is 19.4. The van der Waals surface area contributed by atoms with E-state index in [0.29, 0.717) is 36.2 Å². The third-order valence-electron chi connectivity index (χ3n) is 5.44. The molecule has 0 saturated carbocycles. The van der Waals surface area contributed by atoms with Crippen molar-refractivity contribution in [1.82, 2.24) is 0 Å². The number of hydrogen-bond acceptors (Lipinski definition) is 3. The molecule has 1 atom stereocenters. The first-order chi connectivity index (χ1) is 15.0. The first kappa shape index (κ1) is 21.3. The molecule has 3 aromatic carbocycles. The van der Waals surface area contributed by atoms with E-state index in [-0.39, 0.29) is 11.9 Å². The molecule has 4 rings (SSSR count). The Morgan fingerprint density at radius 3 is 2.29 bits per heavy atom. The van der Waals surface area contributed by atoms with Gasteiger partial charge >= 0.3 is 0 Å². The molecule has 0 saturated heterocycles. The zero-order valence-corrected chi connectivity index (χ0v) is 18.8. The van der Waals surface area contributed by atoms with Crippen LogP contribution in [0.4, 0.5) is 5.69 Å². The maximum absolute atomic E-state index is 13.4. The van der Waals surface area contributed by atoms with Gasteiger partial charge in [-0.15, -0.1) is 0 Å². The van der Waals surface area contributed by atoms with Gasteiger partial charge in [0.1, 0.15) is 0 Å². The van der Waals surface area contributed by atoms with Gasteiger partial charge in [0.2, 0.25) is 5.91 Å². The van der Waals surface area contributed by atoms with Crippen molar-refractivity contribution in [2.24, 2.45) is 0 Å². The fourth-order valence-electron chi connectivity index (χ4n) is 4.10. The van der Waals surface area contributed by atoms with Gasteiger partial charge in [0.05, 0.1) is 25.7 Å². The van der Waals surface area contributed by atoms with Crippen molar-refractivity contribution in [1.29, 1.82) is 0 Å². The zero-order chi connectivity index (χ0) is 22.0. The molecule has 4 nitrogen and oxygen atoms in total. The Morgan fingerprint density at radius 1 is 0.968 bits per heavy atom. The van der Waals surface area contributed by atoms with Crippen molar-refractivity contribution in [3.63, 3.8) is 0 Å². The van der Waals surface area contributed by atoms with Crippen LogP contribution in [0.1, 0.15) is 42.1 Å². The van der Waals surface area contributed by atoms with Gasteiger partial charge in [0.15, 0.2) is 11.5 Å². The summed E-state index contributed by atoms with van der Waals surface area (Å²) < 4.78 is 11.7. The molecule has 160 valence electrons. The number of nitrogens with zero attached hydrogens (tertiary/aromatic N) is 1. The van der Waals surface area contributed by atoms with Crippen molar-refractivity contribution in [2.75, 3.05) is 18.1 Å². The molecule has 1 aliphatic heterocycles. The minimum Gasteiger partial charge on any atom is -0.490 e. The Labute approximate surface area is 188 Å². The van der Waals surface area contributed by atoms with Gasteiger partial charge in [0.25, 0.3) is 0 Å². The largest absolute Gasteiger partial charge is 0.490 e. The first-order valence-electron chi connectivity index (χ1n) is 10.6. The standard InChI is InChI=1S/C26H26ClNO3/c1-4-30-23-14-19-15-25(29)28(21-11-9-17(3)10-12-21)26(18-7-6-8-20(27)13-18)22(19)16-24(23)31-5-2/h6-14,16,26H,4-5,15H2,1-3H3/t26-/m0/s1. The molecule has 0 unspecified atom stereocenters. The number of carbonyl (C=O) groups is 1. The van der Waals surface area contributed by atoms with Crippen LogP contribution in [0.25, 0.3) is 0 Å². The molecule has 3 aromatic rings. The van der Waals surface area contributed by atoms with Crippen LogP contribution in [0.5, 0.6) is 11.5 Å². The van der Waals surface area contributed by atoms with Gasteiger partial charge in [-0.25, -0.2) is 0 Å². The SMILES string of the molecule is CCOc1cc2c(cc1OCC)[C@H](c1cccc(Cl)c1)N(c1ccc(C)cc1)C(=O)C2.